The van der Waals surface area contributed by atoms with Crippen LogP contribution in [0, 0.1) is 12.7 Å². The molecule has 1 atom stereocenters. The Labute approximate surface area is 147 Å². The van der Waals surface area contributed by atoms with Gasteiger partial charge in [0.05, 0.1) is 5.75 Å². The fraction of sp³-hybridized carbons (Fsp3) is 0.350. The highest BCUT2D eigenvalue weighted by atomic mass is 32.2. The van der Waals surface area contributed by atoms with E-state index in [4.69, 9.17) is 0 Å². The number of hydrogen-bond donors (Lipinski definition) is 0. The first-order valence-electron chi connectivity index (χ1n) is 8.07. The highest BCUT2D eigenvalue weighted by Crippen LogP contribution is 2.42. The van der Waals surface area contributed by atoms with Crippen LogP contribution in [0.4, 0.5) is 10.1 Å². The molecule has 1 aliphatic rings. The SMILES string of the molecule is Cc1ccc(N2C(=O)CS[C@H]2c2ccc(C(C)(C)C)cc2)cc1F. The summed E-state index contributed by atoms with van der Waals surface area (Å²) in [5.41, 5.74) is 3.63. The summed E-state index contributed by atoms with van der Waals surface area (Å²) in [6.07, 6.45) is 0. The summed E-state index contributed by atoms with van der Waals surface area (Å²) in [5.74, 6) is 0.161. The third-order valence-electron chi connectivity index (χ3n) is 4.36. The quantitative estimate of drug-likeness (QED) is 0.746. The summed E-state index contributed by atoms with van der Waals surface area (Å²) in [4.78, 5) is 14.1. The van der Waals surface area contributed by atoms with Gasteiger partial charge in [-0.05, 0) is 41.2 Å². The van der Waals surface area contributed by atoms with Gasteiger partial charge in [0.2, 0.25) is 5.91 Å². The van der Waals surface area contributed by atoms with Crippen LogP contribution in [-0.2, 0) is 10.2 Å². The van der Waals surface area contributed by atoms with Crippen molar-refractivity contribution in [2.45, 2.75) is 38.5 Å². The van der Waals surface area contributed by atoms with E-state index < -0.39 is 0 Å². The molecule has 0 unspecified atom stereocenters. The van der Waals surface area contributed by atoms with E-state index in [1.807, 2.05) is 6.07 Å². The molecular formula is C20H22FNOS. The number of amides is 1. The van der Waals surface area contributed by atoms with Gasteiger partial charge in [-0.25, -0.2) is 4.39 Å². The fourth-order valence-electron chi connectivity index (χ4n) is 2.83. The summed E-state index contributed by atoms with van der Waals surface area (Å²) in [5, 5.41) is -0.103. The first-order chi connectivity index (χ1) is 11.3. The number of thioether (sulfide) groups is 1. The topological polar surface area (TPSA) is 20.3 Å². The second kappa shape index (κ2) is 6.25. The smallest absolute Gasteiger partial charge is 0.238 e. The Kier molecular flexibility index (Phi) is 4.43. The Morgan fingerprint density at radius 2 is 1.79 bits per heavy atom. The number of rotatable bonds is 2. The molecule has 0 aromatic heterocycles. The van der Waals surface area contributed by atoms with Gasteiger partial charge in [-0.15, -0.1) is 11.8 Å². The second-order valence-electron chi connectivity index (χ2n) is 7.23. The minimum absolute atomic E-state index is 0.0214. The Bertz CT molecular complexity index is 764. The van der Waals surface area contributed by atoms with Gasteiger partial charge in [-0.2, -0.15) is 0 Å². The molecule has 3 rings (SSSR count). The van der Waals surface area contributed by atoms with Gasteiger partial charge in [0.1, 0.15) is 11.2 Å². The molecule has 2 aromatic rings. The van der Waals surface area contributed by atoms with Crippen LogP contribution in [-0.4, -0.2) is 11.7 Å². The second-order valence-corrected chi connectivity index (χ2v) is 8.30. The van der Waals surface area contributed by atoms with Gasteiger partial charge in [-0.3, -0.25) is 9.69 Å². The lowest BCUT2D eigenvalue weighted by molar-refractivity contribution is -0.115. The minimum Gasteiger partial charge on any atom is -0.295 e. The van der Waals surface area contributed by atoms with E-state index in [0.29, 0.717) is 17.0 Å². The zero-order chi connectivity index (χ0) is 17.5. The summed E-state index contributed by atoms with van der Waals surface area (Å²) in [7, 11) is 0. The molecule has 1 saturated heterocycles. The molecule has 0 N–H and O–H groups in total. The zero-order valence-corrected chi connectivity index (χ0v) is 15.3. The van der Waals surface area contributed by atoms with E-state index in [2.05, 4.69) is 45.0 Å². The molecule has 0 bridgehead atoms. The maximum Gasteiger partial charge on any atom is 0.238 e. The van der Waals surface area contributed by atoms with Crippen molar-refractivity contribution in [2.24, 2.45) is 0 Å². The van der Waals surface area contributed by atoms with E-state index in [1.165, 1.54) is 11.6 Å². The van der Waals surface area contributed by atoms with E-state index in [1.54, 1.807) is 29.7 Å². The molecule has 4 heteroatoms. The maximum absolute atomic E-state index is 13.9. The van der Waals surface area contributed by atoms with Crippen molar-refractivity contribution >= 4 is 23.4 Å². The van der Waals surface area contributed by atoms with Crippen molar-refractivity contribution in [1.29, 1.82) is 0 Å². The van der Waals surface area contributed by atoms with Crippen LogP contribution in [0.2, 0.25) is 0 Å². The molecule has 2 nitrogen and oxygen atoms in total. The predicted molar refractivity (Wildman–Crippen MR) is 99.0 cm³/mol. The minimum atomic E-state index is -0.279. The molecular weight excluding hydrogens is 321 g/mol. The molecule has 2 aromatic carbocycles. The van der Waals surface area contributed by atoms with Gasteiger partial charge in [0.25, 0.3) is 0 Å². The van der Waals surface area contributed by atoms with Crippen LogP contribution in [0.25, 0.3) is 0 Å². The summed E-state index contributed by atoms with van der Waals surface area (Å²) in [6, 6.07) is 13.4. The highest BCUT2D eigenvalue weighted by Gasteiger charge is 2.34. The number of aryl methyl sites for hydroxylation is 1. The Hall–Kier alpha value is -1.81. The molecule has 0 spiro atoms. The Balaban J connectivity index is 1.94. The largest absolute Gasteiger partial charge is 0.295 e. The molecule has 0 saturated carbocycles. The maximum atomic E-state index is 13.9. The van der Waals surface area contributed by atoms with Crippen molar-refractivity contribution in [1.82, 2.24) is 0 Å². The van der Waals surface area contributed by atoms with E-state index in [-0.39, 0.29) is 22.5 Å². The highest BCUT2D eigenvalue weighted by molar-refractivity contribution is 8.00. The van der Waals surface area contributed by atoms with Crippen molar-refractivity contribution in [3.05, 3.63) is 65.0 Å². The van der Waals surface area contributed by atoms with Crippen LogP contribution in [0.15, 0.2) is 42.5 Å². The van der Waals surface area contributed by atoms with Crippen molar-refractivity contribution in [3.8, 4) is 0 Å². The van der Waals surface area contributed by atoms with E-state index in [9.17, 15) is 9.18 Å². The number of carbonyl (C=O) groups is 1. The zero-order valence-electron chi connectivity index (χ0n) is 14.5. The van der Waals surface area contributed by atoms with Gasteiger partial charge in [0, 0.05) is 5.69 Å². The molecule has 24 heavy (non-hydrogen) atoms. The lowest BCUT2D eigenvalue weighted by Crippen LogP contribution is -2.28. The predicted octanol–water partition coefficient (Wildman–Crippen LogP) is 5.21. The number of benzene rings is 2. The van der Waals surface area contributed by atoms with Crippen molar-refractivity contribution in [3.63, 3.8) is 0 Å². The molecule has 126 valence electrons. The fourth-order valence-corrected chi connectivity index (χ4v) is 4.01. The molecule has 0 aliphatic carbocycles. The molecule has 1 amide bonds. The van der Waals surface area contributed by atoms with Gasteiger partial charge in [0.15, 0.2) is 0 Å². The molecule has 1 aliphatic heterocycles. The van der Waals surface area contributed by atoms with E-state index >= 15 is 0 Å². The van der Waals surface area contributed by atoms with Crippen LogP contribution >= 0.6 is 11.8 Å². The van der Waals surface area contributed by atoms with Crippen LogP contribution in [0.5, 0.6) is 0 Å². The standard InChI is InChI=1S/C20H22FNOS/c1-13-5-10-16(11-17(13)21)22-18(23)12-24-19(22)14-6-8-15(9-7-14)20(2,3)4/h5-11,19H,12H2,1-4H3/t19-/m0/s1. The number of carbonyl (C=O) groups excluding carboxylic acids is 1. The summed E-state index contributed by atoms with van der Waals surface area (Å²) < 4.78 is 13.9. The normalized spacial score (nSPS) is 18.3. The molecule has 1 fully saturated rings. The van der Waals surface area contributed by atoms with Gasteiger partial charge >= 0.3 is 0 Å². The average Bonchev–Trinajstić information content (AvgIpc) is 2.91. The Morgan fingerprint density at radius 3 is 2.38 bits per heavy atom. The van der Waals surface area contributed by atoms with E-state index in [0.717, 1.165) is 5.56 Å². The Morgan fingerprint density at radius 1 is 1.12 bits per heavy atom. The molecule has 0 radical (unpaired) electrons. The lowest BCUT2D eigenvalue weighted by atomic mass is 9.86. The van der Waals surface area contributed by atoms with Crippen LogP contribution < -0.4 is 4.90 Å². The summed E-state index contributed by atoms with van der Waals surface area (Å²) >= 11 is 1.58. The number of anilines is 1. The average molecular weight is 343 g/mol. The first-order valence-corrected chi connectivity index (χ1v) is 9.12. The number of halogens is 1. The monoisotopic (exact) mass is 343 g/mol. The van der Waals surface area contributed by atoms with Crippen molar-refractivity contribution in [2.75, 3.05) is 10.7 Å². The third-order valence-corrected chi connectivity index (χ3v) is 5.58. The molecule has 1 heterocycles. The van der Waals surface area contributed by atoms with Crippen LogP contribution in [0.3, 0.4) is 0 Å². The number of nitrogens with zero attached hydrogens (tertiary/aromatic N) is 1. The van der Waals surface area contributed by atoms with Crippen LogP contribution in [0.1, 0.15) is 42.8 Å². The van der Waals surface area contributed by atoms with Gasteiger partial charge < -0.3 is 0 Å². The summed E-state index contributed by atoms with van der Waals surface area (Å²) in [6.45, 7) is 8.26. The van der Waals surface area contributed by atoms with Crippen molar-refractivity contribution < 1.29 is 9.18 Å². The first kappa shape index (κ1) is 17.0. The number of hydrogen-bond acceptors (Lipinski definition) is 2. The van der Waals surface area contributed by atoms with Gasteiger partial charge in [-0.1, -0.05) is 51.1 Å². The lowest BCUT2D eigenvalue weighted by Gasteiger charge is -2.26. The third kappa shape index (κ3) is 3.20.